The SMILES string of the molecule is CNC(C)C(=O)NC1CCc2ccccc2N(Cc2noc3ccccc23)C1=O. The zero-order valence-corrected chi connectivity index (χ0v) is 16.5. The van der Waals surface area contributed by atoms with Gasteiger partial charge in [0.2, 0.25) is 11.8 Å². The maximum absolute atomic E-state index is 13.4. The van der Waals surface area contributed by atoms with Gasteiger partial charge in [0.1, 0.15) is 11.7 Å². The van der Waals surface area contributed by atoms with Crippen molar-refractivity contribution >= 4 is 28.5 Å². The molecule has 1 aromatic heterocycles. The number of fused-ring (bicyclic) bond motifs is 2. The Labute approximate surface area is 169 Å². The molecule has 29 heavy (non-hydrogen) atoms. The van der Waals surface area contributed by atoms with Crippen molar-refractivity contribution in [2.45, 2.75) is 38.4 Å². The van der Waals surface area contributed by atoms with Crippen LogP contribution in [0.5, 0.6) is 0 Å². The molecule has 150 valence electrons. The highest BCUT2D eigenvalue weighted by Gasteiger charge is 2.32. The van der Waals surface area contributed by atoms with Crippen LogP contribution in [0.2, 0.25) is 0 Å². The van der Waals surface area contributed by atoms with E-state index in [-0.39, 0.29) is 24.4 Å². The molecule has 2 unspecified atom stereocenters. The van der Waals surface area contributed by atoms with E-state index < -0.39 is 6.04 Å². The number of carbonyl (C=O) groups excluding carboxylic acids is 2. The van der Waals surface area contributed by atoms with Gasteiger partial charge in [-0.25, -0.2) is 0 Å². The van der Waals surface area contributed by atoms with E-state index in [1.807, 2.05) is 48.5 Å². The normalized spacial score (nSPS) is 17.7. The van der Waals surface area contributed by atoms with Crippen molar-refractivity contribution in [3.63, 3.8) is 0 Å². The molecule has 7 heteroatoms. The van der Waals surface area contributed by atoms with Gasteiger partial charge in [-0.15, -0.1) is 0 Å². The highest BCUT2D eigenvalue weighted by molar-refractivity contribution is 6.01. The van der Waals surface area contributed by atoms with E-state index in [9.17, 15) is 9.59 Å². The molecule has 2 atom stereocenters. The Hall–Kier alpha value is -3.19. The number of nitrogens with zero attached hydrogens (tertiary/aromatic N) is 2. The minimum Gasteiger partial charge on any atom is -0.356 e. The Morgan fingerprint density at radius 1 is 1.24 bits per heavy atom. The van der Waals surface area contributed by atoms with Crippen LogP contribution in [0.1, 0.15) is 24.6 Å². The van der Waals surface area contributed by atoms with Gasteiger partial charge in [0.25, 0.3) is 0 Å². The highest BCUT2D eigenvalue weighted by Crippen LogP contribution is 2.30. The van der Waals surface area contributed by atoms with E-state index in [0.717, 1.165) is 16.6 Å². The molecular formula is C22H24N4O3. The molecule has 1 aliphatic heterocycles. The van der Waals surface area contributed by atoms with Crippen LogP contribution in [0.25, 0.3) is 11.0 Å². The van der Waals surface area contributed by atoms with Gasteiger partial charge in [-0.1, -0.05) is 35.5 Å². The summed E-state index contributed by atoms with van der Waals surface area (Å²) in [7, 11) is 1.72. The number of aromatic nitrogens is 1. The number of likely N-dealkylation sites (N-methyl/N-ethyl adjacent to an activating group) is 1. The summed E-state index contributed by atoms with van der Waals surface area (Å²) in [6, 6.07) is 14.5. The number of anilines is 1. The quantitative estimate of drug-likeness (QED) is 0.696. The summed E-state index contributed by atoms with van der Waals surface area (Å²) < 4.78 is 5.42. The van der Waals surface area contributed by atoms with Crippen LogP contribution in [0.15, 0.2) is 53.1 Å². The molecule has 0 spiro atoms. The molecule has 7 nitrogen and oxygen atoms in total. The minimum atomic E-state index is -0.594. The molecule has 0 fully saturated rings. The van der Waals surface area contributed by atoms with Crippen LogP contribution in [-0.4, -0.2) is 36.1 Å². The number of amides is 2. The first kappa shape index (κ1) is 19.1. The lowest BCUT2D eigenvalue weighted by Gasteiger charge is -2.26. The Balaban J connectivity index is 1.68. The zero-order chi connectivity index (χ0) is 20.4. The third-order valence-electron chi connectivity index (χ3n) is 5.45. The minimum absolute atomic E-state index is 0.140. The van der Waals surface area contributed by atoms with Crippen molar-refractivity contribution in [3.05, 3.63) is 59.8 Å². The topological polar surface area (TPSA) is 87.5 Å². The van der Waals surface area contributed by atoms with Crippen LogP contribution in [0.3, 0.4) is 0 Å². The fourth-order valence-corrected chi connectivity index (χ4v) is 3.64. The van der Waals surface area contributed by atoms with Crippen LogP contribution in [0.4, 0.5) is 5.69 Å². The van der Waals surface area contributed by atoms with E-state index in [0.29, 0.717) is 24.1 Å². The zero-order valence-electron chi connectivity index (χ0n) is 16.5. The third-order valence-corrected chi connectivity index (χ3v) is 5.45. The number of benzene rings is 2. The first-order chi connectivity index (χ1) is 14.1. The second-order valence-corrected chi connectivity index (χ2v) is 7.29. The summed E-state index contributed by atoms with van der Waals surface area (Å²) in [4.78, 5) is 27.6. The number of rotatable bonds is 5. The van der Waals surface area contributed by atoms with E-state index >= 15 is 0 Å². The van der Waals surface area contributed by atoms with Gasteiger partial charge in [0.15, 0.2) is 5.58 Å². The summed E-state index contributed by atoms with van der Waals surface area (Å²) in [5.74, 6) is -0.331. The monoisotopic (exact) mass is 392 g/mol. The molecule has 0 saturated carbocycles. The molecule has 0 saturated heterocycles. The highest BCUT2D eigenvalue weighted by atomic mass is 16.5. The largest absolute Gasteiger partial charge is 0.356 e. The lowest BCUT2D eigenvalue weighted by atomic mass is 10.1. The van der Waals surface area contributed by atoms with E-state index in [1.165, 1.54) is 0 Å². The van der Waals surface area contributed by atoms with Crippen LogP contribution >= 0.6 is 0 Å². The second-order valence-electron chi connectivity index (χ2n) is 7.29. The Morgan fingerprint density at radius 2 is 2.00 bits per heavy atom. The summed E-state index contributed by atoms with van der Waals surface area (Å²) in [5.41, 5.74) is 3.31. The number of hydrogen-bond acceptors (Lipinski definition) is 5. The summed E-state index contributed by atoms with van der Waals surface area (Å²) in [6.07, 6.45) is 1.25. The molecule has 2 heterocycles. The fourth-order valence-electron chi connectivity index (χ4n) is 3.64. The second kappa shape index (κ2) is 8.05. The average Bonchev–Trinajstić information content (AvgIpc) is 3.11. The number of para-hydroxylation sites is 2. The van der Waals surface area contributed by atoms with Gasteiger partial charge >= 0.3 is 0 Å². The van der Waals surface area contributed by atoms with Gasteiger partial charge in [0, 0.05) is 11.1 Å². The molecule has 2 N–H and O–H groups in total. The maximum atomic E-state index is 13.4. The predicted molar refractivity (Wildman–Crippen MR) is 110 cm³/mol. The average molecular weight is 392 g/mol. The van der Waals surface area contributed by atoms with Crippen molar-refractivity contribution in [2.24, 2.45) is 0 Å². The lowest BCUT2D eigenvalue weighted by Crippen LogP contribution is -2.52. The predicted octanol–water partition coefficient (Wildman–Crippen LogP) is 2.40. The Morgan fingerprint density at radius 3 is 2.83 bits per heavy atom. The lowest BCUT2D eigenvalue weighted by molar-refractivity contribution is -0.128. The maximum Gasteiger partial charge on any atom is 0.249 e. The smallest absolute Gasteiger partial charge is 0.249 e. The van der Waals surface area contributed by atoms with Crippen molar-refractivity contribution in [3.8, 4) is 0 Å². The molecule has 2 aromatic carbocycles. The molecule has 0 radical (unpaired) electrons. The van der Waals surface area contributed by atoms with Crippen LogP contribution < -0.4 is 15.5 Å². The number of carbonyl (C=O) groups is 2. The van der Waals surface area contributed by atoms with Crippen molar-refractivity contribution in [1.82, 2.24) is 15.8 Å². The molecule has 0 aliphatic carbocycles. The molecule has 2 amide bonds. The summed E-state index contributed by atoms with van der Waals surface area (Å²) in [6.45, 7) is 2.05. The van der Waals surface area contributed by atoms with Gasteiger partial charge in [-0.3, -0.25) is 9.59 Å². The Bertz CT molecular complexity index is 1050. The van der Waals surface area contributed by atoms with Gasteiger partial charge < -0.3 is 20.1 Å². The van der Waals surface area contributed by atoms with Crippen molar-refractivity contribution in [2.75, 3.05) is 11.9 Å². The molecule has 1 aliphatic rings. The van der Waals surface area contributed by atoms with E-state index in [1.54, 1.807) is 18.9 Å². The first-order valence-electron chi connectivity index (χ1n) is 9.78. The summed E-state index contributed by atoms with van der Waals surface area (Å²) in [5, 5.41) is 10.9. The molecule has 0 bridgehead atoms. The van der Waals surface area contributed by atoms with Crippen molar-refractivity contribution in [1.29, 1.82) is 0 Å². The van der Waals surface area contributed by atoms with E-state index in [2.05, 4.69) is 15.8 Å². The van der Waals surface area contributed by atoms with Gasteiger partial charge in [-0.05, 0) is 50.6 Å². The van der Waals surface area contributed by atoms with E-state index in [4.69, 9.17) is 4.52 Å². The number of nitrogens with one attached hydrogen (secondary N) is 2. The van der Waals surface area contributed by atoms with Gasteiger partial charge in [-0.2, -0.15) is 0 Å². The van der Waals surface area contributed by atoms with Crippen molar-refractivity contribution < 1.29 is 14.1 Å². The van der Waals surface area contributed by atoms with Crippen LogP contribution in [0, 0.1) is 0 Å². The summed E-state index contributed by atoms with van der Waals surface area (Å²) >= 11 is 0. The van der Waals surface area contributed by atoms with Gasteiger partial charge in [0.05, 0.1) is 12.6 Å². The number of aryl methyl sites for hydroxylation is 1. The number of hydrogen-bond donors (Lipinski definition) is 2. The molecule has 4 rings (SSSR count). The molecular weight excluding hydrogens is 368 g/mol. The molecule has 3 aromatic rings. The van der Waals surface area contributed by atoms with Crippen LogP contribution in [-0.2, 0) is 22.6 Å². The first-order valence-corrected chi connectivity index (χ1v) is 9.78. The fraction of sp³-hybridized carbons (Fsp3) is 0.318. The standard InChI is InChI=1S/C22H24N4O3/c1-14(23-2)21(27)24-17-12-11-15-7-3-5-9-19(15)26(22(17)28)13-18-16-8-4-6-10-20(16)29-25-18/h3-10,14,17,23H,11-13H2,1-2H3,(H,24,27). The third kappa shape index (κ3) is 3.73. The Kier molecular flexibility index (Phi) is 5.31.